The van der Waals surface area contributed by atoms with Gasteiger partial charge >= 0.3 is 98.8 Å². The van der Waals surface area contributed by atoms with Crippen molar-refractivity contribution in [3.63, 3.8) is 0 Å². The summed E-state index contributed by atoms with van der Waals surface area (Å²) in [6, 6.07) is 8.88. The van der Waals surface area contributed by atoms with Crippen LogP contribution in [0.1, 0.15) is 65.7 Å². The first-order chi connectivity index (χ1) is 11.8. The maximum Gasteiger partial charge on any atom is 0.291 e. The standard InChI is InChI=1S/C9H19.C6H7O2PS2.C4H9.Zn/c1-3-5-7-9-8-6-4-2;7-9(10,11)8-6-4-2-1-3-5-6;1-4(2)3;/h1,3-9H2,2H3;1-5H,(H2,7,10,11);4H,1H2,2-3H3;. The van der Waals surface area contributed by atoms with Gasteiger partial charge in [0.25, 0.3) is 5.69 Å². The van der Waals surface area contributed by atoms with Gasteiger partial charge in [-0.25, -0.2) is 0 Å². The van der Waals surface area contributed by atoms with E-state index in [1.165, 1.54) is 38.5 Å². The van der Waals surface area contributed by atoms with E-state index >= 15 is 0 Å². The number of hydrogen-bond acceptors (Lipinski definition) is 2. The Bertz CT molecular complexity index is 452. The van der Waals surface area contributed by atoms with E-state index in [2.05, 4.69) is 44.8 Å². The minimum Gasteiger partial charge on any atom is -0.436 e. The second-order valence-electron chi connectivity index (χ2n) is 6.91. The summed E-state index contributed by atoms with van der Waals surface area (Å²) in [5, 5.41) is 3.27. The van der Waals surface area contributed by atoms with Crippen LogP contribution in [0, 0.1) is 5.92 Å². The van der Waals surface area contributed by atoms with E-state index in [0.717, 1.165) is 5.92 Å². The Balaban J connectivity index is 0.000000472. The van der Waals surface area contributed by atoms with Gasteiger partial charge < -0.3 is 9.42 Å². The molecule has 0 spiro atoms. The zero-order chi connectivity index (χ0) is 19.0. The molecule has 1 unspecified atom stereocenters. The second kappa shape index (κ2) is 16.8. The summed E-state index contributed by atoms with van der Waals surface area (Å²) in [6.45, 7) is 7.03. The Morgan fingerprint density at radius 3 is 2.16 bits per heavy atom. The number of unbranched alkanes of at least 4 members (excludes halogenated alkanes) is 6. The molecule has 0 aromatic heterocycles. The molecule has 6 heteroatoms. The molecule has 25 heavy (non-hydrogen) atoms. The van der Waals surface area contributed by atoms with E-state index in [-0.39, 0.29) is 17.1 Å². The number of hydrogen-bond donors (Lipinski definition) is 2. The van der Waals surface area contributed by atoms with Gasteiger partial charge in [0.1, 0.15) is 5.75 Å². The van der Waals surface area contributed by atoms with Gasteiger partial charge in [0.15, 0.2) is 0 Å². The SMILES string of the molecule is CCCCCCCC[CH2][Zn][CH2]C(C)C.OP(=S)(S)Oc1ccccc1. The predicted octanol–water partition coefficient (Wildman–Crippen LogP) is 7.52. The molecule has 1 atom stereocenters. The molecule has 0 saturated carbocycles. The second-order valence-corrected chi connectivity index (χ2v) is 16.2. The van der Waals surface area contributed by atoms with E-state index in [1.807, 2.05) is 6.07 Å². The molecule has 1 rings (SSSR count). The first kappa shape index (κ1) is 25.6. The van der Waals surface area contributed by atoms with Gasteiger partial charge in [0.2, 0.25) is 0 Å². The van der Waals surface area contributed by atoms with Crippen LogP contribution in [0.5, 0.6) is 5.75 Å². The number of thiol groups is 1. The quantitative estimate of drug-likeness (QED) is 0.148. The molecule has 1 aromatic rings. The van der Waals surface area contributed by atoms with Crippen LogP contribution in [0.4, 0.5) is 0 Å². The van der Waals surface area contributed by atoms with E-state index < -0.39 is 5.69 Å². The molecule has 0 amide bonds. The van der Waals surface area contributed by atoms with Crippen LogP contribution in [-0.2, 0) is 28.9 Å². The molecule has 0 aliphatic carbocycles. The maximum absolute atomic E-state index is 9.04. The van der Waals surface area contributed by atoms with Crippen molar-refractivity contribution in [2.75, 3.05) is 0 Å². The van der Waals surface area contributed by atoms with E-state index in [0.29, 0.717) is 5.75 Å². The molecular formula is C19H35O2PS2Zn. The summed E-state index contributed by atoms with van der Waals surface area (Å²) >= 11 is 8.22. The molecule has 0 radical (unpaired) electrons. The Morgan fingerprint density at radius 2 is 1.64 bits per heavy atom. The maximum atomic E-state index is 9.04. The zero-order valence-electron chi connectivity index (χ0n) is 16.2. The van der Waals surface area contributed by atoms with Gasteiger partial charge in [-0.15, -0.1) is 0 Å². The van der Waals surface area contributed by atoms with Crippen molar-refractivity contribution >= 4 is 29.7 Å². The van der Waals surface area contributed by atoms with E-state index in [1.54, 1.807) is 40.7 Å². The van der Waals surface area contributed by atoms with Crippen molar-refractivity contribution in [3.05, 3.63) is 30.3 Å². The fourth-order valence-electron chi connectivity index (χ4n) is 2.48. The van der Waals surface area contributed by atoms with Crippen LogP contribution in [-0.4, -0.2) is 4.89 Å². The Labute approximate surface area is 173 Å². The average Bonchev–Trinajstić information content (AvgIpc) is 2.53. The summed E-state index contributed by atoms with van der Waals surface area (Å²) in [6.07, 6.45) is 10.4. The molecular weight excluding hydrogens is 421 g/mol. The largest absolute Gasteiger partial charge is 0.436 e. The van der Waals surface area contributed by atoms with Crippen molar-refractivity contribution < 1.29 is 26.5 Å². The van der Waals surface area contributed by atoms with E-state index in [9.17, 15) is 0 Å². The molecule has 0 heterocycles. The molecule has 0 aliphatic heterocycles. The summed E-state index contributed by atoms with van der Waals surface area (Å²) in [4.78, 5) is 9.04. The minimum atomic E-state index is -2.86. The van der Waals surface area contributed by atoms with Gasteiger partial charge in [0, 0.05) is 0 Å². The van der Waals surface area contributed by atoms with Crippen molar-refractivity contribution in [1.82, 2.24) is 0 Å². The Hall–Kier alpha value is 0.603. The normalized spacial score (nSPS) is 12.7. The van der Waals surface area contributed by atoms with Gasteiger partial charge in [-0.1, -0.05) is 30.4 Å². The fraction of sp³-hybridized carbons (Fsp3) is 0.684. The van der Waals surface area contributed by atoms with Crippen LogP contribution >= 0.6 is 17.9 Å². The van der Waals surface area contributed by atoms with E-state index in [4.69, 9.17) is 9.42 Å². The van der Waals surface area contributed by atoms with Crippen molar-refractivity contribution in [3.8, 4) is 5.75 Å². The Kier molecular flexibility index (Phi) is 17.2. The van der Waals surface area contributed by atoms with Gasteiger partial charge in [-0.05, 0) is 23.9 Å². The first-order valence-corrected chi connectivity index (χ1v) is 17.7. The zero-order valence-corrected chi connectivity index (χ0v) is 21.8. The molecule has 0 fully saturated rings. The smallest absolute Gasteiger partial charge is 0.291 e. The summed E-state index contributed by atoms with van der Waals surface area (Å²) in [5.74, 6) is 1.54. The summed E-state index contributed by atoms with van der Waals surface area (Å²) in [5.41, 5.74) is -2.86. The third kappa shape index (κ3) is 20.8. The molecule has 1 N–H and O–H groups in total. The van der Waals surface area contributed by atoms with Crippen LogP contribution in [0.15, 0.2) is 30.3 Å². The van der Waals surface area contributed by atoms with Gasteiger partial charge in [0.05, 0.1) is 0 Å². The molecule has 0 aliphatic rings. The fourth-order valence-corrected chi connectivity index (χ4v) is 7.22. The van der Waals surface area contributed by atoms with Gasteiger partial charge in [-0.3, -0.25) is 0 Å². The number of rotatable bonds is 12. The van der Waals surface area contributed by atoms with Crippen LogP contribution in [0.25, 0.3) is 0 Å². The predicted molar refractivity (Wildman–Crippen MR) is 115 cm³/mol. The first-order valence-electron chi connectivity index (χ1n) is 9.65. The van der Waals surface area contributed by atoms with Crippen molar-refractivity contribution in [2.45, 2.75) is 75.7 Å². The Morgan fingerprint density at radius 1 is 1.08 bits per heavy atom. The third-order valence-electron chi connectivity index (χ3n) is 3.85. The molecule has 0 saturated heterocycles. The third-order valence-corrected chi connectivity index (χ3v) is 10.1. The van der Waals surface area contributed by atoms with Crippen LogP contribution < -0.4 is 4.52 Å². The summed E-state index contributed by atoms with van der Waals surface area (Å²) in [7, 11) is 0. The molecule has 0 bridgehead atoms. The van der Waals surface area contributed by atoms with Crippen molar-refractivity contribution in [2.24, 2.45) is 5.92 Å². The molecule has 2 nitrogen and oxygen atoms in total. The molecule has 142 valence electrons. The summed E-state index contributed by atoms with van der Waals surface area (Å²) < 4.78 is 4.95. The number of benzene rings is 1. The number of para-hydroxylation sites is 1. The minimum absolute atomic E-state index is 0.0759. The van der Waals surface area contributed by atoms with Crippen LogP contribution in [0.2, 0.25) is 10.0 Å². The van der Waals surface area contributed by atoms with Gasteiger partial charge in [-0.2, -0.15) is 0 Å². The average molecular weight is 456 g/mol. The van der Waals surface area contributed by atoms with Crippen molar-refractivity contribution in [1.29, 1.82) is 0 Å². The topological polar surface area (TPSA) is 29.5 Å². The monoisotopic (exact) mass is 454 g/mol. The molecule has 1 aromatic carbocycles. The van der Waals surface area contributed by atoms with Crippen LogP contribution in [0.3, 0.4) is 0 Å².